The number of methoxy groups -OCH3 is 1. The molecule has 11 heteroatoms. The fraction of sp³-hybridized carbons (Fsp3) is 0.500. The van der Waals surface area contributed by atoms with Crippen LogP contribution >= 0.6 is 0 Å². The normalized spacial score (nSPS) is 30.9. The summed E-state index contributed by atoms with van der Waals surface area (Å²) >= 11 is 0. The fourth-order valence-electron chi connectivity index (χ4n) is 6.50. The number of phenols is 2. The number of benzene rings is 2. The second-order valence-corrected chi connectivity index (χ2v) is 11.3. The van der Waals surface area contributed by atoms with Gasteiger partial charge in [0.2, 0.25) is 5.78 Å². The molecule has 5 rings (SSSR count). The first-order valence-electron chi connectivity index (χ1n) is 13.6. The highest BCUT2D eigenvalue weighted by Crippen LogP contribution is 2.54. The summed E-state index contributed by atoms with van der Waals surface area (Å²) < 4.78 is 17.3. The van der Waals surface area contributed by atoms with Gasteiger partial charge in [0.1, 0.15) is 17.4 Å². The van der Waals surface area contributed by atoms with E-state index in [1.807, 2.05) is 19.0 Å². The average molecular weight is 570 g/mol. The molecule has 220 valence electrons. The van der Waals surface area contributed by atoms with Gasteiger partial charge >= 0.3 is 5.97 Å². The number of rotatable bonds is 5. The van der Waals surface area contributed by atoms with Crippen LogP contribution in [0.1, 0.15) is 88.1 Å². The Morgan fingerprint density at radius 2 is 1.85 bits per heavy atom. The van der Waals surface area contributed by atoms with Crippen LogP contribution in [0.5, 0.6) is 11.5 Å². The minimum atomic E-state index is -1.69. The molecule has 3 aliphatic rings. The third-order valence-corrected chi connectivity index (χ3v) is 8.77. The zero-order valence-corrected chi connectivity index (χ0v) is 23.6. The number of phenolic OH excluding ortho intramolecular Hbond substituents is 2. The highest BCUT2D eigenvalue weighted by molar-refractivity contribution is 6.30. The number of aliphatic hydroxyl groups excluding tert-OH is 1. The molecule has 11 nitrogen and oxygen atoms in total. The van der Waals surface area contributed by atoms with E-state index in [9.17, 15) is 34.8 Å². The van der Waals surface area contributed by atoms with Crippen LogP contribution in [0.15, 0.2) is 24.3 Å². The number of fused-ring (bicyclic) bond motifs is 3. The van der Waals surface area contributed by atoms with Crippen molar-refractivity contribution in [1.82, 2.24) is 4.90 Å². The summed E-state index contributed by atoms with van der Waals surface area (Å²) in [5.41, 5.74) is -2.27. The lowest BCUT2D eigenvalue weighted by molar-refractivity contribution is -0.258. The fourth-order valence-corrected chi connectivity index (χ4v) is 6.50. The lowest BCUT2D eigenvalue weighted by atomic mass is 9.67. The Bertz CT molecular complexity index is 1420. The van der Waals surface area contributed by atoms with E-state index < -0.39 is 65.2 Å². The Morgan fingerprint density at radius 1 is 1.15 bits per heavy atom. The monoisotopic (exact) mass is 569 g/mol. The Morgan fingerprint density at radius 3 is 2.49 bits per heavy atom. The number of carbonyl (C=O) groups is 3. The van der Waals surface area contributed by atoms with Gasteiger partial charge in [0.25, 0.3) is 0 Å². The molecule has 7 atom stereocenters. The highest BCUT2D eigenvalue weighted by Gasteiger charge is 2.53. The number of ether oxygens (including phenoxy) is 3. The van der Waals surface area contributed by atoms with E-state index in [0.717, 1.165) is 0 Å². The van der Waals surface area contributed by atoms with Crippen molar-refractivity contribution in [2.24, 2.45) is 0 Å². The van der Waals surface area contributed by atoms with Gasteiger partial charge in [0.15, 0.2) is 12.1 Å². The van der Waals surface area contributed by atoms with Gasteiger partial charge < -0.3 is 39.5 Å². The molecule has 2 aromatic rings. The standard InChI is InChI=1S/C30H35NO10/c1-6-30(38)12-19(41-20-11-17(31(3)4)25(33)13(2)40-20)22-15(24(30)29(37)39-5)10-16-23(28(22)36)27(35)21-14(26(16)34)8-7-9-18(21)32/h7-10,13,17,19-20,24-25,32-33,36,38H,6,11-12H2,1-5H3/t13-,17-,19-,20-,24-,25+,30-/m0/s1. The number of esters is 1. The number of aromatic hydroxyl groups is 2. The first-order chi connectivity index (χ1) is 19.3. The van der Waals surface area contributed by atoms with Gasteiger partial charge in [-0.25, -0.2) is 0 Å². The predicted octanol–water partition coefficient (Wildman–Crippen LogP) is 2.16. The lowest BCUT2D eigenvalue weighted by Gasteiger charge is -2.46. The summed E-state index contributed by atoms with van der Waals surface area (Å²) in [6.45, 7) is 3.41. The van der Waals surface area contributed by atoms with Crippen LogP contribution in [0.25, 0.3) is 0 Å². The van der Waals surface area contributed by atoms with Crippen molar-refractivity contribution in [3.05, 3.63) is 57.6 Å². The van der Waals surface area contributed by atoms with E-state index in [1.54, 1.807) is 13.8 Å². The molecule has 0 radical (unpaired) electrons. The van der Waals surface area contributed by atoms with Crippen LogP contribution in [0.4, 0.5) is 0 Å². The van der Waals surface area contributed by atoms with Crippen LogP contribution < -0.4 is 0 Å². The van der Waals surface area contributed by atoms with E-state index >= 15 is 0 Å². The van der Waals surface area contributed by atoms with Gasteiger partial charge in [-0.3, -0.25) is 14.4 Å². The van der Waals surface area contributed by atoms with Crippen molar-refractivity contribution in [2.45, 2.75) is 75.3 Å². The summed E-state index contributed by atoms with van der Waals surface area (Å²) in [4.78, 5) is 42.1. The first kappa shape index (κ1) is 29.2. The van der Waals surface area contributed by atoms with Crippen molar-refractivity contribution in [2.75, 3.05) is 21.2 Å². The molecule has 2 aliphatic carbocycles. The molecule has 0 aromatic heterocycles. The van der Waals surface area contributed by atoms with Crippen molar-refractivity contribution < 1.29 is 49.0 Å². The molecule has 0 amide bonds. The van der Waals surface area contributed by atoms with Crippen LogP contribution in [-0.2, 0) is 19.0 Å². The van der Waals surface area contributed by atoms with E-state index in [1.165, 1.54) is 31.4 Å². The molecule has 0 spiro atoms. The number of hydrogen-bond acceptors (Lipinski definition) is 11. The number of nitrogens with zero attached hydrogens (tertiary/aromatic N) is 1. The van der Waals surface area contributed by atoms with E-state index in [0.29, 0.717) is 0 Å². The summed E-state index contributed by atoms with van der Waals surface area (Å²) in [7, 11) is 4.82. The maximum atomic E-state index is 13.6. The SMILES string of the molecule is CC[C@]1(O)C[C@H](O[C@H]2C[C@H](N(C)C)[C@H](O)[C@H](C)O2)c2c(cc3c(c2O)C(=O)c2c(O)cccc2C3=O)[C@H]1C(=O)OC. The number of likely N-dealkylation sites (N-methyl/N-ethyl adjacent to an activating group) is 1. The summed E-state index contributed by atoms with van der Waals surface area (Å²) in [6, 6.07) is 5.14. The molecular weight excluding hydrogens is 534 g/mol. The minimum Gasteiger partial charge on any atom is -0.507 e. The zero-order valence-electron chi connectivity index (χ0n) is 23.6. The van der Waals surface area contributed by atoms with Crippen molar-refractivity contribution in [3.8, 4) is 11.5 Å². The molecule has 0 saturated carbocycles. The maximum Gasteiger partial charge on any atom is 0.316 e. The third-order valence-electron chi connectivity index (χ3n) is 8.77. The second-order valence-electron chi connectivity index (χ2n) is 11.3. The van der Waals surface area contributed by atoms with Crippen molar-refractivity contribution >= 4 is 17.5 Å². The Kier molecular flexibility index (Phi) is 7.46. The highest BCUT2D eigenvalue weighted by atomic mass is 16.7. The van der Waals surface area contributed by atoms with Crippen molar-refractivity contribution in [3.63, 3.8) is 0 Å². The van der Waals surface area contributed by atoms with Gasteiger partial charge in [0, 0.05) is 35.6 Å². The quantitative estimate of drug-likeness (QED) is 0.333. The zero-order chi connectivity index (χ0) is 30.0. The predicted molar refractivity (Wildman–Crippen MR) is 144 cm³/mol. The number of aliphatic hydroxyl groups is 2. The van der Waals surface area contributed by atoms with Crippen LogP contribution in [-0.4, -0.2) is 94.2 Å². The van der Waals surface area contributed by atoms with E-state index in [4.69, 9.17) is 14.2 Å². The van der Waals surface area contributed by atoms with Gasteiger partial charge in [0.05, 0.1) is 42.1 Å². The summed E-state index contributed by atoms with van der Waals surface area (Å²) in [6.07, 6.45) is -3.09. The molecule has 1 saturated heterocycles. The van der Waals surface area contributed by atoms with Crippen LogP contribution in [0.2, 0.25) is 0 Å². The largest absolute Gasteiger partial charge is 0.507 e. The van der Waals surface area contributed by atoms with Crippen LogP contribution in [0, 0.1) is 0 Å². The molecule has 0 unspecified atom stereocenters. The number of ketones is 2. The molecular formula is C30H35NO10. The van der Waals surface area contributed by atoms with Gasteiger partial charge in [-0.15, -0.1) is 0 Å². The first-order valence-corrected chi connectivity index (χ1v) is 13.6. The molecule has 1 fully saturated rings. The van der Waals surface area contributed by atoms with E-state index in [2.05, 4.69) is 0 Å². The van der Waals surface area contributed by atoms with Gasteiger partial charge in [-0.2, -0.15) is 0 Å². The van der Waals surface area contributed by atoms with E-state index in [-0.39, 0.29) is 58.7 Å². The molecule has 41 heavy (non-hydrogen) atoms. The number of carbonyl (C=O) groups excluding carboxylic acids is 3. The molecule has 4 N–H and O–H groups in total. The Hall–Kier alpha value is -3.35. The minimum absolute atomic E-state index is 0.0382. The van der Waals surface area contributed by atoms with Crippen molar-refractivity contribution in [1.29, 1.82) is 0 Å². The summed E-state index contributed by atoms with van der Waals surface area (Å²) in [5, 5.41) is 44.5. The molecule has 1 heterocycles. The molecule has 0 bridgehead atoms. The topological polar surface area (TPSA) is 163 Å². The van der Waals surface area contributed by atoms with Gasteiger partial charge in [-0.05, 0) is 45.1 Å². The lowest BCUT2D eigenvalue weighted by Crippen LogP contribution is -2.54. The van der Waals surface area contributed by atoms with Gasteiger partial charge in [-0.1, -0.05) is 19.1 Å². The average Bonchev–Trinajstić information content (AvgIpc) is 2.92. The second kappa shape index (κ2) is 10.5. The molecule has 2 aromatic carbocycles. The Labute approximate surface area is 237 Å². The smallest absolute Gasteiger partial charge is 0.316 e. The maximum absolute atomic E-state index is 13.6. The third kappa shape index (κ3) is 4.52. The Balaban J connectivity index is 1.69. The molecule has 1 aliphatic heterocycles. The number of hydrogen-bond donors (Lipinski definition) is 4. The summed E-state index contributed by atoms with van der Waals surface area (Å²) in [5.74, 6) is -4.42. The van der Waals surface area contributed by atoms with Crippen LogP contribution in [0.3, 0.4) is 0 Å².